The van der Waals surface area contributed by atoms with Crippen molar-refractivity contribution < 1.29 is 19.4 Å². The van der Waals surface area contributed by atoms with E-state index in [-0.39, 0.29) is 12.3 Å². The van der Waals surface area contributed by atoms with Crippen molar-refractivity contribution in [1.82, 2.24) is 5.32 Å². The number of carbonyl (C=O) groups excluding carboxylic acids is 2. The van der Waals surface area contributed by atoms with Crippen LogP contribution in [0.4, 0.5) is 0 Å². The van der Waals surface area contributed by atoms with Gasteiger partial charge in [0.2, 0.25) is 0 Å². The summed E-state index contributed by atoms with van der Waals surface area (Å²) in [7, 11) is 0. The van der Waals surface area contributed by atoms with Crippen LogP contribution in [0.25, 0.3) is 11.1 Å². The first-order valence-corrected chi connectivity index (χ1v) is 9.45. The Morgan fingerprint density at radius 3 is 2.10 bits per heavy atom. The molecule has 0 bridgehead atoms. The number of amides is 1. The summed E-state index contributed by atoms with van der Waals surface area (Å²) in [6, 6.07) is 23.4. The molecule has 0 aliphatic carbocycles. The standard InChI is InChI=1S/C24H23NO4/c1-2-29-21-14-12-19(13-15-21)22(16-23(26)27)25-24(28)20-10-8-18(9-11-20)17-6-4-3-5-7-17/h3-15,22H,2,16H2,1H3,(H,25,28)(H,26,27)/p-1. The lowest BCUT2D eigenvalue weighted by Gasteiger charge is -2.20. The van der Waals surface area contributed by atoms with Crippen LogP contribution in [0.15, 0.2) is 78.9 Å². The van der Waals surface area contributed by atoms with Crippen LogP contribution in [0.3, 0.4) is 0 Å². The van der Waals surface area contributed by atoms with E-state index in [0.29, 0.717) is 23.5 Å². The van der Waals surface area contributed by atoms with E-state index in [4.69, 9.17) is 4.74 Å². The SMILES string of the molecule is CCOc1ccc(C(CC(=O)[O-])NC(=O)c2ccc(-c3ccccc3)cc2)cc1. The van der Waals surface area contributed by atoms with E-state index >= 15 is 0 Å². The summed E-state index contributed by atoms with van der Waals surface area (Å²) in [6.45, 7) is 2.42. The number of aliphatic carboxylic acids is 1. The second-order valence-corrected chi connectivity index (χ2v) is 6.55. The average molecular weight is 388 g/mol. The van der Waals surface area contributed by atoms with Crippen LogP contribution in [0, 0.1) is 0 Å². The van der Waals surface area contributed by atoms with E-state index in [0.717, 1.165) is 11.1 Å². The Morgan fingerprint density at radius 2 is 1.52 bits per heavy atom. The Bertz CT molecular complexity index is 950. The summed E-state index contributed by atoms with van der Waals surface area (Å²) in [5.74, 6) is -0.889. The molecule has 0 aliphatic heterocycles. The Labute approximate surface area is 170 Å². The fourth-order valence-electron chi connectivity index (χ4n) is 3.07. The predicted octanol–water partition coefficient (Wildman–Crippen LogP) is 3.36. The highest BCUT2D eigenvalue weighted by Gasteiger charge is 2.16. The van der Waals surface area contributed by atoms with Crippen molar-refractivity contribution in [1.29, 1.82) is 0 Å². The maximum atomic E-state index is 12.7. The molecule has 1 atom stereocenters. The van der Waals surface area contributed by atoms with Crippen LogP contribution >= 0.6 is 0 Å². The van der Waals surface area contributed by atoms with Gasteiger partial charge >= 0.3 is 0 Å². The fraction of sp³-hybridized carbons (Fsp3) is 0.167. The van der Waals surface area contributed by atoms with Gasteiger partial charge in [-0.3, -0.25) is 4.79 Å². The zero-order chi connectivity index (χ0) is 20.6. The second kappa shape index (κ2) is 9.55. The van der Waals surface area contributed by atoms with Crippen molar-refractivity contribution in [3.05, 3.63) is 90.0 Å². The summed E-state index contributed by atoms with van der Waals surface area (Å²) >= 11 is 0. The zero-order valence-corrected chi connectivity index (χ0v) is 16.1. The number of rotatable bonds is 8. The van der Waals surface area contributed by atoms with E-state index in [1.165, 1.54) is 0 Å². The maximum absolute atomic E-state index is 12.7. The second-order valence-electron chi connectivity index (χ2n) is 6.55. The first-order chi connectivity index (χ1) is 14.1. The van der Waals surface area contributed by atoms with Gasteiger partial charge in [-0.1, -0.05) is 54.6 Å². The summed E-state index contributed by atoms with van der Waals surface area (Å²) in [5.41, 5.74) is 3.19. The van der Waals surface area contributed by atoms with Gasteiger partial charge in [-0.05, 0) is 47.9 Å². The minimum Gasteiger partial charge on any atom is -0.550 e. The lowest BCUT2D eigenvalue weighted by Crippen LogP contribution is -2.34. The van der Waals surface area contributed by atoms with Crippen LogP contribution in [-0.2, 0) is 4.79 Å². The number of nitrogens with one attached hydrogen (secondary N) is 1. The van der Waals surface area contributed by atoms with Gasteiger partial charge in [-0.2, -0.15) is 0 Å². The fourth-order valence-corrected chi connectivity index (χ4v) is 3.07. The van der Waals surface area contributed by atoms with Crippen molar-refractivity contribution in [2.24, 2.45) is 0 Å². The Hall–Kier alpha value is -3.60. The van der Waals surface area contributed by atoms with E-state index in [2.05, 4.69) is 5.32 Å². The lowest BCUT2D eigenvalue weighted by atomic mass is 10.0. The topological polar surface area (TPSA) is 78.5 Å². The molecule has 3 aromatic rings. The molecule has 0 aromatic heterocycles. The van der Waals surface area contributed by atoms with E-state index in [1.54, 1.807) is 36.4 Å². The number of carboxylic acids is 1. The van der Waals surface area contributed by atoms with Crippen LogP contribution in [0.2, 0.25) is 0 Å². The molecule has 3 rings (SSSR count). The molecular weight excluding hydrogens is 366 g/mol. The smallest absolute Gasteiger partial charge is 0.251 e. The number of carbonyl (C=O) groups is 2. The molecule has 1 N–H and O–H groups in total. The molecule has 148 valence electrons. The van der Waals surface area contributed by atoms with Gasteiger partial charge in [0.1, 0.15) is 5.75 Å². The van der Waals surface area contributed by atoms with Gasteiger partial charge in [-0.25, -0.2) is 0 Å². The molecule has 1 unspecified atom stereocenters. The number of benzene rings is 3. The minimum absolute atomic E-state index is 0.318. The number of hydrogen-bond donors (Lipinski definition) is 1. The molecular formula is C24H22NO4-. The van der Waals surface area contributed by atoms with Gasteiger partial charge in [0.25, 0.3) is 5.91 Å². The summed E-state index contributed by atoms with van der Waals surface area (Å²) in [6.07, 6.45) is -0.318. The van der Waals surface area contributed by atoms with Crippen LogP contribution < -0.4 is 15.2 Å². The third-order valence-electron chi connectivity index (χ3n) is 4.52. The Morgan fingerprint density at radius 1 is 0.897 bits per heavy atom. The quantitative estimate of drug-likeness (QED) is 0.642. The highest BCUT2D eigenvalue weighted by molar-refractivity contribution is 5.95. The van der Waals surface area contributed by atoms with Gasteiger partial charge in [0, 0.05) is 18.0 Å². The highest BCUT2D eigenvalue weighted by Crippen LogP contribution is 2.22. The predicted molar refractivity (Wildman–Crippen MR) is 109 cm³/mol. The third-order valence-corrected chi connectivity index (χ3v) is 4.52. The molecule has 0 saturated carbocycles. The number of ether oxygens (including phenoxy) is 1. The molecule has 0 fully saturated rings. The summed E-state index contributed by atoms with van der Waals surface area (Å²) in [5, 5.41) is 14.0. The molecule has 5 nitrogen and oxygen atoms in total. The Kier molecular flexibility index (Phi) is 6.63. The molecule has 0 saturated heterocycles. The van der Waals surface area contributed by atoms with Gasteiger partial charge in [-0.15, -0.1) is 0 Å². The van der Waals surface area contributed by atoms with Crippen LogP contribution in [-0.4, -0.2) is 18.5 Å². The minimum atomic E-state index is -1.23. The van der Waals surface area contributed by atoms with Crippen molar-refractivity contribution in [3.63, 3.8) is 0 Å². The summed E-state index contributed by atoms with van der Waals surface area (Å²) < 4.78 is 5.40. The normalized spacial score (nSPS) is 11.5. The third kappa shape index (κ3) is 5.45. The monoisotopic (exact) mass is 388 g/mol. The van der Waals surface area contributed by atoms with Gasteiger partial charge in [0.05, 0.1) is 12.6 Å². The van der Waals surface area contributed by atoms with Crippen molar-refractivity contribution in [3.8, 4) is 16.9 Å². The van der Waals surface area contributed by atoms with Crippen molar-refractivity contribution in [2.75, 3.05) is 6.61 Å². The van der Waals surface area contributed by atoms with E-state index in [9.17, 15) is 14.7 Å². The molecule has 5 heteroatoms. The molecule has 29 heavy (non-hydrogen) atoms. The number of hydrogen-bond acceptors (Lipinski definition) is 4. The molecule has 0 heterocycles. The molecule has 0 aliphatic rings. The van der Waals surface area contributed by atoms with Crippen molar-refractivity contribution in [2.45, 2.75) is 19.4 Å². The number of carboxylic acid groups (broad SMARTS) is 1. The molecule has 0 radical (unpaired) electrons. The van der Waals surface area contributed by atoms with E-state index in [1.807, 2.05) is 49.4 Å². The molecule has 3 aromatic carbocycles. The maximum Gasteiger partial charge on any atom is 0.251 e. The lowest BCUT2D eigenvalue weighted by molar-refractivity contribution is -0.306. The average Bonchev–Trinajstić information content (AvgIpc) is 2.74. The Balaban J connectivity index is 1.75. The molecule has 0 spiro atoms. The summed E-state index contributed by atoms with van der Waals surface area (Å²) in [4.78, 5) is 23.9. The van der Waals surface area contributed by atoms with Gasteiger partial charge < -0.3 is 20.0 Å². The van der Waals surface area contributed by atoms with Crippen LogP contribution in [0.5, 0.6) is 5.75 Å². The highest BCUT2D eigenvalue weighted by atomic mass is 16.5. The zero-order valence-electron chi connectivity index (χ0n) is 16.1. The van der Waals surface area contributed by atoms with E-state index < -0.39 is 12.0 Å². The first kappa shape index (κ1) is 20.1. The van der Waals surface area contributed by atoms with Gasteiger partial charge in [0.15, 0.2) is 0 Å². The largest absolute Gasteiger partial charge is 0.550 e. The first-order valence-electron chi connectivity index (χ1n) is 9.45. The molecule has 1 amide bonds. The van der Waals surface area contributed by atoms with Crippen molar-refractivity contribution >= 4 is 11.9 Å². The van der Waals surface area contributed by atoms with Crippen LogP contribution in [0.1, 0.15) is 35.3 Å².